The van der Waals surface area contributed by atoms with E-state index in [1.807, 2.05) is 0 Å². The summed E-state index contributed by atoms with van der Waals surface area (Å²) in [5.41, 5.74) is 2.36. The summed E-state index contributed by atoms with van der Waals surface area (Å²) < 4.78 is 0. The normalized spacial score (nSPS) is 14.0. The molecule has 4 nitrogen and oxygen atoms in total. The van der Waals surface area contributed by atoms with E-state index in [4.69, 9.17) is 5.11 Å². The average Bonchev–Trinajstić information content (AvgIpc) is 2.61. The van der Waals surface area contributed by atoms with Crippen LogP contribution in [0, 0.1) is 23.7 Å². The minimum Gasteiger partial charge on any atom is -0.481 e. The smallest absolute Gasteiger partial charge is 0.303 e. The lowest BCUT2D eigenvalue weighted by atomic mass is 9.84. The Hall–Kier alpha value is -2.59. The van der Waals surface area contributed by atoms with Crippen LogP contribution in [0.3, 0.4) is 0 Å². The largest absolute Gasteiger partial charge is 0.481 e. The van der Waals surface area contributed by atoms with Gasteiger partial charge in [0, 0.05) is 41.6 Å². The van der Waals surface area contributed by atoms with Crippen LogP contribution in [0.2, 0.25) is 0 Å². The summed E-state index contributed by atoms with van der Waals surface area (Å²) in [4.78, 5) is 34.7. The first-order valence-electron chi connectivity index (χ1n) is 8.96. The third kappa shape index (κ3) is 6.73. The summed E-state index contributed by atoms with van der Waals surface area (Å²) in [6.45, 7) is 5.16. The molecule has 0 aliphatic heterocycles. The second-order valence-electron chi connectivity index (χ2n) is 6.35. The van der Waals surface area contributed by atoms with Gasteiger partial charge in [0.05, 0.1) is 6.42 Å². The van der Waals surface area contributed by atoms with Gasteiger partial charge < -0.3 is 5.11 Å². The van der Waals surface area contributed by atoms with Gasteiger partial charge in [-0.15, -0.1) is 11.8 Å². The summed E-state index contributed by atoms with van der Waals surface area (Å²) in [6.07, 6.45) is 4.86. The lowest BCUT2D eigenvalue weighted by molar-refractivity contribution is -0.137. The molecule has 26 heavy (non-hydrogen) atoms. The SMILES string of the molecule is CC1=C(C)C(=O)C(CCCCC#CCC#CCCCC(=O)O)=C(C)C1=O. The number of hydrogen-bond donors (Lipinski definition) is 1. The van der Waals surface area contributed by atoms with Crippen LogP contribution in [0.5, 0.6) is 0 Å². The molecule has 0 heterocycles. The monoisotopic (exact) mass is 354 g/mol. The molecule has 0 amide bonds. The standard InChI is InChI=1S/C22H26O4/c1-16-17(2)22(26)19(18(3)21(16)25)14-12-10-8-6-4-5-7-9-11-13-15-20(23)24/h5,8,10-15H2,1-3H3,(H,23,24). The maximum absolute atomic E-state index is 12.3. The van der Waals surface area contributed by atoms with Crippen LogP contribution in [0.4, 0.5) is 0 Å². The van der Waals surface area contributed by atoms with Crippen LogP contribution >= 0.6 is 0 Å². The molecular formula is C22H26O4. The molecule has 0 radical (unpaired) electrons. The van der Waals surface area contributed by atoms with Gasteiger partial charge >= 0.3 is 5.97 Å². The van der Waals surface area contributed by atoms with Gasteiger partial charge in [0.15, 0.2) is 11.6 Å². The molecule has 1 N–H and O–H groups in total. The minimum absolute atomic E-state index is 0.00357. The second-order valence-corrected chi connectivity index (χ2v) is 6.35. The topological polar surface area (TPSA) is 71.4 Å². The highest BCUT2D eigenvalue weighted by Crippen LogP contribution is 2.27. The quantitative estimate of drug-likeness (QED) is 0.426. The minimum atomic E-state index is -0.793. The summed E-state index contributed by atoms with van der Waals surface area (Å²) in [6, 6.07) is 0. The molecule has 0 saturated carbocycles. The van der Waals surface area contributed by atoms with Crippen LogP contribution in [0.15, 0.2) is 22.3 Å². The molecule has 138 valence electrons. The maximum Gasteiger partial charge on any atom is 0.303 e. The Bertz CT molecular complexity index is 757. The van der Waals surface area contributed by atoms with Crippen molar-refractivity contribution in [3.63, 3.8) is 0 Å². The van der Waals surface area contributed by atoms with Gasteiger partial charge in [0.25, 0.3) is 0 Å². The molecule has 0 unspecified atom stereocenters. The van der Waals surface area contributed by atoms with E-state index in [0.717, 1.165) is 19.3 Å². The van der Waals surface area contributed by atoms with Crippen molar-refractivity contribution in [1.82, 2.24) is 0 Å². The van der Waals surface area contributed by atoms with Crippen molar-refractivity contribution in [2.45, 2.75) is 72.1 Å². The summed E-state index contributed by atoms with van der Waals surface area (Å²) in [5, 5.41) is 8.50. The van der Waals surface area contributed by atoms with Crippen molar-refractivity contribution in [1.29, 1.82) is 0 Å². The number of aliphatic carboxylic acids is 1. The Kier molecular flexibility index (Phi) is 9.17. The van der Waals surface area contributed by atoms with Crippen LogP contribution in [0.25, 0.3) is 0 Å². The molecule has 0 aromatic rings. The van der Waals surface area contributed by atoms with Crippen molar-refractivity contribution in [2.24, 2.45) is 0 Å². The molecule has 0 fully saturated rings. The Labute approximate surface area is 155 Å². The number of rotatable bonds is 7. The second kappa shape index (κ2) is 11.1. The molecule has 0 bridgehead atoms. The van der Waals surface area contributed by atoms with E-state index >= 15 is 0 Å². The molecule has 0 atom stereocenters. The highest BCUT2D eigenvalue weighted by molar-refractivity contribution is 6.24. The highest BCUT2D eigenvalue weighted by atomic mass is 16.4. The number of carbonyl (C=O) groups is 3. The lowest BCUT2D eigenvalue weighted by Crippen LogP contribution is -2.20. The van der Waals surface area contributed by atoms with E-state index in [1.165, 1.54) is 0 Å². The van der Waals surface area contributed by atoms with Gasteiger partial charge in [0.2, 0.25) is 0 Å². The van der Waals surface area contributed by atoms with Crippen LogP contribution in [-0.2, 0) is 14.4 Å². The fraction of sp³-hybridized carbons (Fsp3) is 0.500. The number of carboxylic acid groups (broad SMARTS) is 1. The summed E-state index contributed by atoms with van der Waals surface area (Å²) in [7, 11) is 0. The first-order valence-corrected chi connectivity index (χ1v) is 8.96. The maximum atomic E-state index is 12.3. The summed E-state index contributed by atoms with van der Waals surface area (Å²) >= 11 is 0. The predicted octanol–water partition coefficient (Wildman–Crippen LogP) is 4.00. The van der Waals surface area contributed by atoms with Crippen LogP contribution in [0.1, 0.15) is 72.1 Å². The number of carboxylic acids is 1. The van der Waals surface area contributed by atoms with Gasteiger partial charge in [-0.3, -0.25) is 14.4 Å². The van der Waals surface area contributed by atoms with E-state index in [0.29, 0.717) is 48.0 Å². The Morgan fingerprint density at radius 3 is 2.00 bits per heavy atom. The molecule has 1 rings (SSSR count). The Balaban J connectivity index is 2.28. The first kappa shape index (κ1) is 21.5. The number of Topliss-reactive ketones (excluding diaryl/α,β-unsaturated/α-hetero) is 2. The molecule has 1 aliphatic rings. The van der Waals surface area contributed by atoms with Crippen molar-refractivity contribution < 1.29 is 19.5 Å². The molecule has 4 heteroatoms. The van der Waals surface area contributed by atoms with E-state index in [2.05, 4.69) is 23.7 Å². The molecule has 0 spiro atoms. The van der Waals surface area contributed by atoms with E-state index in [-0.39, 0.29) is 18.0 Å². The zero-order valence-corrected chi connectivity index (χ0v) is 15.8. The first-order chi connectivity index (χ1) is 12.4. The predicted molar refractivity (Wildman–Crippen MR) is 101 cm³/mol. The van der Waals surface area contributed by atoms with E-state index in [9.17, 15) is 14.4 Å². The third-order valence-corrected chi connectivity index (χ3v) is 4.41. The van der Waals surface area contributed by atoms with Crippen LogP contribution < -0.4 is 0 Å². The zero-order chi connectivity index (χ0) is 19.5. The number of ketones is 2. The van der Waals surface area contributed by atoms with Crippen molar-refractivity contribution in [3.8, 4) is 23.7 Å². The Morgan fingerprint density at radius 1 is 0.808 bits per heavy atom. The van der Waals surface area contributed by atoms with Gasteiger partial charge in [-0.2, -0.15) is 0 Å². The van der Waals surface area contributed by atoms with Gasteiger partial charge in [0.1, 0.15) is 0 Å². The molecule has 0 saturated heterocycles. The molecule has 0 aromatic heterocycles. The third-order valence-electron chi connectivity index (χ3n) is 4.41. The average molecular weight is 354 g/mol. The lowest BCUT2D eigenvalue weighted by Gasteiger charge is -2.18. The van der Waals surface area contributed by atoms with Crippen molar-refractivity contribution >= 4 is 17.5 Å². The number of hydrogen-bond acceptors (Lipinski definition) is 3. The van der Waals surface area contributed by atoms with Gasteiger partial charge in [-0.1, -0.05) is 11.8 Å². The van der Waals surface area contributed by atoms with Crippen molar-refractivity contribution in [2.75, 3.05) is 0 Å². The van der Waals surface area contributed by atoms with Crippen LogP contribution in [-0.4, -0.2) is 22.6 Å². The van der Waals surface area contributed by atoms with Gasteiger partial charge in [-0.25, -0.2) is 0 Å². The van der Waals surface area contributed by atoms with Crippen molar-refractivity contribution in [3.05, 3.63) is 22.3 Å². The molecular weight excluding hydrogens is 328 g/mol. The Morgan fingerprint density at radius 2 is 1.38 bits per heavy atom. The van der Waals surface area contributed by atoms with Gasteiger partial charge in [-0.05, 0) is 46.5 Å². The highest BCUT2D eigenvalue weighted by Gasteiger charge is 2.26. The van der Waals surface area contributed by atoms with E-state index < -0.39 is 5.97 Å². The summed E-state index contributed by atoms with van der Waals surface area (Å²) in [5.74, 6) is 11.1. The molecule has 1 aliphatic carbocycles. The number of carbonyl (C=O) groups excluding carboxylic acids is 2. The molecule has 0 aromatic carbocycles. The fourth-order valence-corrected chi connectivity index (χ4v) is 2.65. The zero-order valence-electron chi connectivity index (χ0n) is 15.8. The number of allylic oxidation sites excluding steroid dienone is 4. The van der Waals surface area contributed by atoms with E-state index in [1.54, 1.807) is 20.8 Å². The fourth-order valence-electron chi connectivity index (χ4n) is 2.65. The number of unbranched alkanes of at least 4 members (excludes halogenated alkanes) is 3.